The van der Waals surface area contributed by atoms with E-state index in [0.717, 1.165) is 54.7 Å². The summed E-state index contributed by atoms with van der Waals surface area (Å²) in [7, 11) is 2.72. The van der Waals surface area contributed by atoms with Gasteiger partial charge in [-0.2, -0.15) is 0 Å². The molecule has 0 saturated heterocycles. The molecule has 0 amide bonds. The van der Waals surface area contributed by atoms with Gasteiger partial charge in [-0.15, -0.1) is 0 Å². The molecule has 0 spiro atoms. The standard InChI is InChI=1S/C19H20O4.C18H19NO3.C12H22O4/c1-2-3-14-22-17-10-6-16(7-11-17)19(21)23-18-8-4-15(5-9-18)12-13-20;1-3-4-13-21-16-9-5-14(6-10-16)18(20)22-17-11-7-15(19-2)8-12-17;1-7-12(4,10(14)16-6)8-11(2,3)9(13)15-5/h4-11,13H,2-3,12,14H2,1H3;5-12H,2-4,13H2,1H3;7-8H2,1-6H3. The molecule has 1 atom stereocenters. The van der Waals surface area contributed by atoms with Crippen LogP contribution in [0.15, 0.2) is 102 Å². The molecule has 0 heterocycles. The van der Waals surface area contributed by atoms with Crippen molar-refractivity contribution in [1.29, 1.82) is 0 Å². The van der Waals surface area contributed by atoms with Crippen LogP contribution in [0.3, 0.4) is 0 Å². The number of hydrogen-bond acceptors (Lipinski definition) is 12. The first-order valence-corrected chi connectivity index (χ1v) is 20.3. The Bertz CT molecular complexity index is 1960. The number of aliphatic imine (C=N–C) groups is 1. The zero-order valence-corrected chi connectivity index (χ0v) is 36.8. The number of ether oxygens (including phenoxy) is 6. The highest BCUT2D eigenvalue weighted by Crippen LogP contribution is 2.38. The number of esters is 4. The Balaban J connectivity index is 0.000000321. The molecule has 1 unspecified atom stereocenters. The number of methoxy groups -OCH3 is 2. The minimum atomic E-state index is -0.687. The van der Waals surface area contributed by atoms with Gasteiger partial charge in [0.05, 0.1) is 55.1 Å². The second kappa shape index (κ2) is 26.7. The fourth-order valence-electron chi connectivity index (χ4n) is 5.70. The molecule has 0 radical (unpaired) electrons. The Kier molecular flexibility index (Phi) is 22.3. The highest BCUT2D eigenvalue weighted by molar-refractivity contribution is 5.91. The third kappa shape index (κ3) is 17.8. The van der Waals surface area contributed by atoms with E-state index in [2.05, 4.69) is 25.6 Å². The van der Waals surface area contributed by atoms with Crippen molar-refractivity contribution >= 4 is 42.6 Å². The number of aldehydes is 1. The number of nitrogens with zero attached hydrogens (tertiary/aromatic N) is 1. The summed E-state index contributed by atoms with van der Waals surface area (Å²) in [5.74, 6) is 1.00. The lowest BCUT2D eigenvalue weighted by Crippen LogP contribution is -2.37. The average Bonchev–Trinajstić information content (AvgIpc) is 3.27. The maximum atomic E-state index is 12.1. The minimum Gasteiger partial charge on any atom is -0.494 e. The summed E-state index contributed by atoms with van der Waals surface area (Å²) in [6.45, 7) is 16.3. The SMILES string of the molecule is C=Nc1ccc(OC(=O)c2ccc(OCCCC)cc2)cc1.CCC(C)(CC(C)(C)C(=O)OC)C(=O)OC.CCCCOc1ccc(C(=O)Oc2ccc(CC=O)cc2)cc1. The van der Waals surface area contributed by atoms with E-state index in [1.54, 1.807) is 111 Å². The van der Waals surface area contributed by atoms with Crippen molar-refractivity contribution in [2.24, 2.45) is 15.8 Å². The Morgan fingerprint density at radius 3 is 1.38 bits per heavy atom. The maximum Gasteiger partial charge on any atom is 0.343 e. The molecule has 4 aromatic rings. The zero-order valence-electron chi connectivity index (χ0n) is 36.8. The van der Waals surface area contributed by atoms with Crippen molar-refractivity contribution in [3.05, 3.63) is 114 Å². The molecule has 61 heavy (non-hydrogen) atoms. The Morgan fingerprint density at radius 2 is 1.02 bits per heavy atom. The van der Waals surface area contributed by atoms with E-state index in [0.29, 0.717) is 55.1 Å². The van der Waals surface area contributed by atoms with E-state index in [4.69, 9.17) is 28.4 Å². The van der Waals surface area contributed by atoms with Crippen LogP contribution < -0.4 is 18.9 Å². The van der Waals surface area contributed by atoms with Crippen molar-refractivity contribution in [3.8, 4) is 23.0 Å². The number of rotatable bonds is 20. The van der Waals surface area contributed by atoms with Gasteiger partial charge in [0, 0.05) is 6.42 Å². The van der Waals surface area contributed by atoms with Gasteiger partial charge in [-0.25, -0.2) is 9.59 Å². The van der Waals surface area contributed by atoms with Crippen molar-refractivity contribution in [2.75, 3.05) is 27.4 Å². The summed E-state index contributed by atoms with van der Waals surface area (Å²) in [6, 6.07) is 27.6. The van der Waals surface area contributed by atoms with Gasteiger partial charge in [-0.3, -0.25) is 14.6 Å². The molecule has 0 aliphatic rings. The summed E-state index contributed by atoms with van der Waals surface area (Å²) in [6.07, 6.45) is 6.42. The number of hydrogen-bond donors (Lipinski definition) is 0. The maximum absolute atomic E-state index is 12.1. The van der Waals surface area contributed by atoms with Crippen molar-refractivity contribution in [3.63, 3.8) is 0 Å². The molecule has 0 aliphatic heterocycles. The molecular weight excluding hydrogens is 779 g/mol. The number of carbonyl (C=O) groups excluding carboxylic acids is 5. The van der Waals surface area contributed by atoms with E-state index in [1.807, 2.05) is 13.8 Å². The van der Waals surface area contributed by atoms with Crippen LogP contribution in [0.25, 0.3) is 0 Å². The summed E-state index contributed by atoms with van der Waals surface area (Å²) in [5.41, 5.74) is 1.22. The minimum absolute atomic E-state index is 0.285. The van der Waals surface area contributed by atoms with Crippen LogP contribution in [-0.2, 0) is 30.3 Å². The highest BCUT2D eigenvalue weighted by Gasteiger charge is 2.42. The van der Waals surface area contributed by atoms with Crippen LogP contribution in [0.2, 0.25) is 0 Å². The Morgan fingerprint density at radius 1 is 0.607 bits per heavy atom. The topological polar surface area (TPSA) is 153 Å². The summed E-state index contributed by atoms with van der Waals surface area (Å²) in [4.78, 5) is 61.6. The van der Waals surface area contributed by atoms with E-state index in [-0.39, 0.29) is 11.9 Å². The van der Waals surface area contributed by atoms with Crippen LogP contribution in [0.4, 0.5) is 5.69 Å². The second-order valence-electron chi connectivity index (χ2n) is 14.9. The number of benzene rings is 4. The van der Waals surface area contributed by atoms with Crippen LogP contribution >= 0.6 is 0 Å². The van der Waals surface area contributed by atoms with Gasteiger partial charge in [0.25, 0.3) is 0 Å². The summed E-state index contributed by atoms with van der Waals surface area (Å²) < 4.78 is 31.2. The van der Waals surface area contributed by atoms with Crippen LogP contribution in [0.5, 0.6) is 23.0 Å². The molecule has 0 saturated carbocycles. The Labute approximate surface area is 360 Å². The summed E-state index contributed by atoms with van der Waals surface area (Å²) in [5, 5.41) is 0. The lowest BCUT2D eigenvalue weighted by atomic mass is 9.72. The van der Waals surface area contributed by atoms with Crippen molar-refractivity contribution < 1.29 is 52.4 Å². The molecule has 0 aromatic heterocycles. The highest BCUT2D eigenvalue weighted by atomic mass is 16.5. The third-order valence-corrected chi connectivity index (χ3v) is 9.42. The third-order valence-electron chi connectivity index (χ3n) is 9.42. The number of carbonyl (C=O) groups is 5. The molecule has 12 heteroatoms. The quantitative estimate of drug-likeness (QED) is 0.0275. The molecule has 328 valence electrons. The fraction of sp³-hybridized carbons (Fsp3) is 0.388. The van der Waals surface area contributed by atoms with Gasteiger partial charge in [0.2, 0.25) is 0 Å². The molecule has 0 N–H and O–H groups in total. The monoisotopic (exact) mass is 839 g/mol. The molecule has 4 aromatic carbocycles. The Hall–Kier alpha value is -6.30. The van der Waals surface area contributed by atoms with Gasteiger partial charge >= 0.3 is 23.9 Å². The predicted octanol–water partition coefficient (Wildman–Crippen LogP) is 10.4. The molecule has 0 fully saturated rings. The predicted molar refractivity (Wildman–Crippen MR) is 236 cm³/mol. The normalized spacial score (nSPS) is 11.4. The van der Waals surface area contributed by atoms with E-state index in [9.17, 15) is 24.0 Å². The first-order chi connectivity index (χ1) is 29.2. The lowest BCUT2D eigenvalue weighted by molar-refractivity contribution is -0.159. The molecular formula is C49H61NO11. The molecule has 0 aliphatic carbocycles. The number of unbranched alkanes of at least 4 members (excludes halogenated alkanes) is 2. The second-order valence-corrected chi connectivity index (χ2v) is 14.9. The van der Waals surface area contributed by atoms with Gasteiger partial charge in [0.15, 0.2) is 0 Å². The van der Waals surface area contributed by atoms with Crippen LogP contribution in [0, 0.1) is 10.8 Å². The molecule has 12 nitrogen and oxygen atoms in total. The van der Waals surface area contributed by atoms with Crippen LogP contribution in [-0.4, -0.2) is 64.3 Å². The zero-order chi connectivity index (χ0) is 45.3. The van der Waals surface area contributed by atoms with E-state index >= 15 is 0 Å². The largest absolute Gasteiger partial charge is 0.494 e. The van der Waals surface area contributed by atoms with Crippen molar-refractivity contribution in [1.82, 2.24) is 0 Å². The van der Waals surface area contributed by atoms with E-state index in [1.165, 1.54) is 14.2 Å². The first-order valence-electron chi connectivity index (χ1n) is 20.3. The van der Waals surface area contributed by atoms with Crippen LogP contribution in [0.1, 0.15) is 106 Å². The first kappa shape index (κ1) is 50.8. The fourth-order valence-corrected chi connectivity index (χ4v) is 5.70. The van der Waals surface area contributed by atoms with Gasteiger partial charge in [0.1, 0.15) is 29.3 Å². The smallest absolute Gasteiger partial charge is 0.343 e. The van der Waals surface area contributed by atoms with Crippen molar-refractivity contribution in [2.45, 2.75) is 86.5 Å². The lowest BCUT2D eigenvalue weighted by Gasteiger charge is -2.32. The van der Waals surface area contributed by atoms with Gasteiger partial charge in [-0.1, -0.05) is 45.7 Å². The molecule has 4 rings (SSSR count). The van der Waals surface area contributed by atoms with Gasteiger partial charge < -0.3 is 33.2 Å². The summed E-state index contributed by atoms with van der Waals surface area (Å²) >= 11 is 0. The average molecular weight is 840 g/mol. The molecule has 0 bridgehead atoms. The van der Waals surface area contributed by atoms with Gasteiger partial charge in [-0.05, 0) is 144 Å². The van der Waals surface area contributed by atoms with E-state index < -0.39 is 22.8 Å².